The molecule has 7 nitrogen and oxygen atoms in total. The Morgan fingerprint density at radius 3 is 2.21 bits per heavy atom. The minimum atomic E-state index is -3.94. The van der Waals surface area contributed by atoms with E-state index >= 15 is 0 Å². The van der Waals surface area contributed by atoms with E-state index < -0.39 is 28.0 Å². The average Bonchev–Trinajstić information content (AvgIpc) is 2.37. The zero-order valence-electron chi connectivity index (χ0n) is 10.3. The molecule has 1 rings (SSSR count). The number of carboxylic acids is 1. The van der Waals surface area contributed by atoms with Gasteiger partial charge >= 0.3 is 11.9 Å². The molecule has 0 bridgehead atoms. The Balaban J connectivity index is 2.97. The third-order valence-corrected chi connectivity index (χ3v) is 3.84. The molecule has 0 saturated carbocycles. The maximum Gasteiger partial charge on any atom is 0.337 e. The van der Waals surface area contributed by atoms with Gasteiger partial charge in [0.25, 0.3) is 0 Å². The van der Waals surface area contributed by atoms with Crippen LogP contribution in [0.5, 0.6) is 0 Å². The summed E-state index contributed by atoms with van der Waals surface area (Å²) >= 11 is 0. The van der Waals surface area contributed by atoms with Crippen molar-refractivity contribution in [2.24, 2.45) is 0 Å². The van der Waals surface area contributed by atoms with E-state index in [0.717, 1.165) is 0 Å². The van der Waals surface area contributed by atoms with Crippen LogP contribution in [0, 0.1) is 0 Å². The van der Waals surface area contributed by atoms with Gasteiger partial charge in [-0.2, -0.15) is 4.72 Å². The molecule has 19 heavy (non-hydrogen) atoms. The molecule has 0 spiro atoms. The predicted octanol–water partition coefficient (Wildman–Crippen LogP) is 0.225. The van der Waals surface area contributed by atoms with Crippen LogP contribution in [0.15, 0.2) is 29.2 Å². The number of rotatable bonds is 5. The molecule has 104 valence electrons. The van der Waals surface area contributed by atoms with E-state index in [9.17, 15) is 18.0 Å². The van der Waals surface area contributed by atoms with E-state index in [-0.39, 0.29) is 10.5 Å². The second-order valence-corrected chi connectivity index (χ2v) is 5.41. The average molecular weight is 287 g/mol. The molecule has 0 aliphatic heterocycles. The highest BCUT2D eigenvalue weighted by atomic mass is 32.2. The first-order chi connectivity index (χ1) is 8.77. The Labute approximate surface area is 110 Å². The molecule has 1 unspecified atom stereocenters. The normalized spacial score (nSPS) is 12.7. The predicted molar refractivity (Wildman–Crippen MR) is 65.2 cm³/mol. The Bertz CT molecular complexity index is 578. The van der Waals surface area contributed by atoms with Crippen LogP contribution >= 0.6 is 0 Å². The van der Waals surface area contributed by atoms with Crippen molar-refractivity contribution in [3.05, 3.63) is 29.8 Å². The molecule has 0 fully saturated rings. The fraction of sp³-hybridized carbons (Fsp3) is 0.273. The number of esters is 1. The lowest BCUT2D eigenvalue weighted by molar-refractivity contribution is -0.138. The van der Waals surface area contributed by atoms with Gasteiger partial charge in [0.2, 0.25) is 10.0 Å². The van der Waals surface area contributed by atoms with Crippen molar-refractivity contribution in [3.63, 3.8) is 0 Å². The number of hydrogen-bond acceptors (Lipinski definition) is 5. The molecular weight excluding hydrogens is 274 g/mol. The minimum Gasteiger partial charge on any atom is -0.480 e. The largest absolute Gasteiger partial charge is 0.480 e. The number of nitrogens with one attached hydrogen (secondary N) is 1. The minimum absolute atomic E-state index is 0.131. The number of sulfonamides is 1. The molecule has 0 aromatic heterocycles. The van der Waals surface area contributed by atoms with E-state index in [1.165, 1.54) is 38.3 Å². The Morgan fingerprint density at radius 1 is 1.26 bits per heavy atom. The van der Waals surface area contributed by atoms with Crippen molar-refractivity contribution >= 4 is 22.0 Å². The van der Waals surface area contributed by atoms with Crippen molar-refractivity contribution < 1.29 is 27.9 Å². The third-order valence-electron chi connectivity index (χ3n) is 2.29. The molecule has 8 heteroatoms. The van der Waals surface area contributed by atoms with Crippen LogP contribution in [-0.4, -0.2) is 38.6 Å². The molecule has 1 aromatic carbocycles. The fourth-order valence-electron chi connectivity index (χ4n) is 1.24. The number of carbonyl (C=O) groups excluding carboxylic acids is 1. The SMILES string of the molecule is COC(=O)c1ccc(S(=O)(=O)NC(C)C(=O)O)cc1. The van der Waals surface area contributed by atoms with Gasteiger partial charge in [-0.05, 0) is 31.2 Å². The summed E-state index contributed by atoms with van der Waals surface area (Å²) in [6.07, 6.45) is 0. The lowest BCUT2D eigenvalue weighted by Crippen LogP contribution is -2.38. The maximum absolute atomic E-state index is 11.8. The Kier molecular flexibility index (Phi) is 4.62. The molecule has 2 N–H and O–H groups in total. The molecule has 0 saturated heterocycles. The number of carboxylic acid groups (broad SMARTS) is 1. The van der Waals surface area contributed by atoms with Crippen LogP contribution in [0.2, 0.25) is 0 Å². The summed E-state index contributed by atoms with van der Waals surface area (Å²) in [7, 11) is -2.73. The lowest BCUT2D eigenvalue weighted by Gasteiger charge is -2.10. The second-order valence-electron chi connectivity index (χ2n) is 3.70. The zero-order valence-corrected chi connectivity index (χ0v) is 11.1. The van der Waals surface area contributed by atoms with Crippen molar-refractivity contribution in [1.29, 1.82) is 0 Å². The molecule has 1 aromatic rings. The van der Waals surface area contributed by atoms with Gasteiger partial charge in [0.15, 0.2) is 0 Å². The maximum atomic E-state index is 11.8. The Morgan fingerprint density at radius 2 is 1.79 bits per heavy atom. The zero-order chi connectivity index (χ0) is 14.6. The summed E-state index contributed by atoms with van der Waals surface area (Å²) < 4.78 is 30.1. The number of methoxy groups -OCH3 is 1. The quantitative estimate of drug-likeness (QED) is 0.750. The number of aliphatic carboxylic acids is 1. The van der Waals surface area contributed by atoms with Gasteiger partial charge < -0.3 is 9.84 Å². The number of hydrogen-bond donors (Lipinski definition) is 2. The van der Waals surface area contributed by atoms with Gasteiger partial charge in [-0.25, -0.2) is 13.2 Å². The summed E-state index contributed by atoms with van der Waals surface area (Å²) in [6, 6.07) is 3.72. The first-order valence-electron chi connectivity index (χ1n) is 5.21. The second kappa shape index (κ2) is 5.81. The van der Waals surface area contributed by atoms with E-state index in [1.807, 2.05) is 4.72 Å². The monoisotopic (exact) mass is 287 g/mol. The first-order valence-corrected chi connectivity index (χ1v) is 6.70. The third kappa shape index (κ3) is 3.76. The highest BCUT2D eigenvalue weighted by molar-refractivity contribution is 7.89. The highest BCUT2D eigenvalue weighted by Crippen LogP contribution is 2.11. The van der Waals surface area contributed by atoms with E-state index in [2.05, 4.69) is 4.74 Å². The van der Waals surface area contributed by atoms with Crippen LogP contribution in [0.4, 0.5) is 0 Å². The van der Waals surface area contributed by atoms with Gasteiger partial charge in [0, 0.05) is 0 Å². The van der Waals surface area contributed by atoms with Gasteiger partial charge in [-0.1, -0.05) is 0 Å². The van der Waals surface area contributed by atoms with Crippen LogP contribution in [0.1, 0.15) is 17.3 Å². The Hall–Kier alpha value is -1.93. The lowest BCUT2D eigenvalue weighted by atomic mass is 10.2. The smallest absolute Gasteiger partial charge is 0.337 e. The van der Waals surface area contributed by atoms with Crippen LogP contribution in [0.25, 0.3) is 0 Å². The summed E-state index contributed by atoms with van der Waals surface area (Å²) in [5, 5.41) is 8.65. The summed E-state index contributed by atoms with van der Waals surface area (Å²) in [6.45, 7) is 1.21. The topological polar surface area (TPSA) is 110 Å². The molecule has 0 aliphatic carbocycles. The standard InChI is InChI=1S/C11H13NO6S/c1-7(10(13)14)12-19(16,17)9-5-3-8(4-6-9)11(15)18-2/h3-7,12H,1-2H3,(H,13,14). The molecule has 1 atom stereocenters. The van der Waals surface area contributed by atoms with Crippen LogP contribution in [0.3, 0.4) is 0 Å². The number of carbonyl (C=O) groups is 2. The van der Waals surface area contributed by atoms with E-state index in [4.69, 9.17) is 5.11 Å². The molecule has 0 radical (unpaired) electrons. The van der Waals surface area contributed by atoms with E-state index in [1.54, 1.807) is 0 Å². The van der Waals surface area contributed by atoms with Gasteiger partial charge in [-0.3, -0.25) is 4.79 Å². The summed E-state index contributed by atoms with van der Waals surface area (Å²) in [5.41, 5.74) is 0.202. The van der Waals surface area contributed by atoms with E-state index in [0.29, 0.717) is 0 Å². The highest BCUT2D eigenvalue weighted by Gasteiger charge is 2.21. The van der Waals surface area contributed by atoms with Crippen LogP contribution < -0.4 is 4.72 Å². The molecule has 0 amide bonds. The van der Waals surface area contributed by atoms with Crippen molar-refractivity contribution in [2.75, 3.05) is 7.11 Å². The summed E-state index contributed by atoms with van der Waals surface area (Å²) in [4.78, 5) is 21.6. The van der Waals surface area contributed by atoms with Gasteiger partial charge in [0.1, 0.15) is 6.04 Å². The number of ether oxygens (including phenoxy) is 1. The van der Waals surface area contributed by atoms with Crippen molar-refractivity contribution in [3.8, 4) is 0 Å². The number of benzene rings is 1. The first kappa shape index (κ1) is 15.1. The van der Waals surface area contributed by atoms with Gasteiger partial charge in [0.05, 0.1) is 17.6 Å². The molecule has 0 heterocycles. The molecular formula is C11H13NO6S. The molecule has 0 aliphatic rings. The van der Waals surface area contributed by atoms with Gasteiger partial charge in [-0.15, -0.1) is 0 Å². The van der Waals surface area contributed by atoms with Crippen LogP contribution in [-0.2, 0) is 19.6 Å². The fourth-order valence-corrected chi connectivity index (χ4v) is 2.44. The van der Waals surface area contributed by atoms with Crippen molar-refractivity contribution in [2.45, 2.75) is 17.9 Å². The van der Waals surface area contributed by atoms with Crippen molar-refractivity contribution in [1.82, 2.24) is 4.72 Å². The summed E-state index contributed by atoms with van der Waals surface area (Å²) in [5.74, 6) is -1.87.